The molecule has 13 heavy (non-hydrogen) atoms. The van der Waals surface area contributed by atoms with Gasteiger partial charge in [0.15, 0.2) is 0 Å². The van der Waals surface area contributed by atoms with Gasteiger partial charge in [-0.2, -0.15) is 0 Å². The monoisotopic (exact) mass is 187 g/mol. The van der Waals surface area contributed by atoms with Crippen molar-refractivity contribution in [3.8, 4) is 0 Å². The molecule has 0 fully saturated rings. The molecule has 1 aromatic rings. The fourth-order valence-corrected chi connectivity index (χ4v) is 0.901. The number of nitro groups is 1. The van der Waals surface area contributed by atoms with E-state index in [2.05, 4.69) is 4.98 Å². The standard InChI is InChI=1S/C6H9N3O4/c10-4-5(11)3-8-2-1-7-6(8)9(12)13/h1-2,5,10-11H,3-4H2/t5-/m1/s1. The van der Waals surface area contributed by atoms with Crippen molar-refractivity contribution in [2.75, 3.05) is 6.61 Å². The van der Waals surface area contributed by atoms with Crippen LogP contribution in [0.15, 0.2) is 12.4 Å². The lowest BCUT2D eigenvalue weighted by molar-refractivity contribution is -0.397. The van der Waals surface area contributed by atoms with Crippen LogP contribution in [0.5, 0.6) is 0 Å². The average molecular weight is 187 g/mol. The molecule has 0 bridgehead atoms. The minimum Gasteiger partial charge on any atom is -0.394 e. The number of aliphatic hydroxyl groups is 2. The molecule has 0 aliphatic heterocycles. The summed E-state index contributed by atoms with van der Waals surface area (Å²) < 4.78 is 1.17. The van der Waals surface area contributed by atoms with Gasteiger partial charge in [-0.15, -0.1) is 0 Å². The Morgan fingerprint density at radius 2 is 2.46 bits per heavy atom. The molecule has 0 amide bonds. The van der Waals surface area contributed by atoms with Crippen molar-refractivity contribution in [1.82, 2.24) is 9.55 Å². The molecule has 1 aromatic heterocycles. The van der Waals surface area contributed by atoms with Crippen molar-refractivity contribution >= 4 is 5.95 Å². The maximum absolute atomic E-state index is 10.3. The highest BCUT2D eigenvalue weighted by Crippen LogP contribution is 2.07. The fourth-order valence-electron chi connectivity index (χ4n) is 0.901. The van der Waals surface area contributed by atoms with Gasteiger partial charge >= 0.3 is 5.95 Å². The second-order valence-electron chi connectivity index (χ2n) is 2.47. The Balaban J connectivity index is 2.76. The number of hydrogen-bond donors (Lipinski definition) is 2. The molecule has 7 nitrogen and oxygen atoms in total. The van der Waals surface area contributed by atoms with Crippen LogP contribution in [0, 0.1) is 10.1 Å². The quantitative estimate of drug-likeness (QED) is 0.472. The van der Waals surface area contributed by atoms with E-state index in [1.807, 2.05) is 0 Å². The smallest absolute Gasteiger partial charge is 0.394 e. The van der Waals surface area contributed by atoms with Gasteiger partial charge in [0.1, 0.15) is 18.5 Å². The van der Waals surface area contributed by atoms with Gasteiger partial charge in [0, 0.05) is 0 Å². The molecule has 1 heterocycles. The third kappa shape index (κ3) is 2.23. The Bertz CT molecular complexity index is 298. The number of aromatic nitrogens is 2. The third-order valence-corrected chi connectivity index (χ3v) is 1.48. The van der Waals surface area contributed by atoms with Crippen LogP contribution in [-0.2, 0) is 6.54 Å². The fraction of sp³-hybridized carbons (Fsp3) is 0.500. The summed E-state index contributed by atoms with van der Waals surface area (Å²) >= 11 is 0. The predicted molar refractivity (Wildman–Crippen MR) is 42.0 cm³/mol. The maximum Gasteiger partial charge on any atom is 0.434 e. The van der Waals surface area contributed by atoms with Crippen LogP contribution in [0.2, 0.25) is 0 Å². The van der Waals surface area contributed by atoms with Crippen LogP contribution in [0.4, 0.5) is 5.95 Å². The highest BCUT2D eigenvalue weighted by molar-refractivity contribution is 5.06. The lowest BCUT2D eigenvalue weighted by Crippen LogP contribution is -2.20. The van der Waals surface area contributed by atoms with Gasteiger partial charge in [-0.3, -0.25) is 0 Å². The highest BCUT2D eigenvalue weighted by Gasteiger charge is 2.16. The summed E-state index contributed by atoms with van der Waals surface area (Å²) in [6.45, 7) is -0.470. The molecule has 2 N–H and O–H groups in total. The Morgan fingerprint density at radius 3 is 3.00 bits per heavy atom. The molecule has 7 heteroatoms. The molecule has 1 atom stereocenters. The molecule has 0 aromatic carbocycles. The van der Waals surface area contributed by atoms with Crippen LogP contribution < -0.4 is 0 Å². The minimum atomic E-state index is -1.01. The highest BCUT2D eigenvalue weighted by atomic mass is 16.6. The normalized spacial score (nSPS) is 12.8. The van der Waals surface area contributed by atoms with Gasteiger partial charge < -0.3 is 20.3 Å². The van der Waals surface area contributed by atoms with Crippen molar-refractivity contribution in [3.63, 3.8) is 0 Å². The Kier molecular flexibility index (Phi) is 2.93. The number of imidazole rings is 1. The molecule has 0 unspecified atom stereocenters. The Morgan fingerprint density at radius 1 is 1.77 bits per heavy atom. The minimum absolute atomic E-state index is 0.0349. The Hall–Kier alpha value is -1.47. The van der Waals surface area contributed by atoms with E-state index in [0.717, 1.165) is 0 Å². The molecule has 0 saturated heterocycles. The van der Waals surface area contributed by atoms with E-state index in [4.69, 9.17) is 10.2 Å². The summed E-state index contributed by atoms with van der Waals surface area (Å²) in [5, 5.41) is 27.9. The summed E-state index contributed by atoms with van der Waals surface area (Å²) in [4.78, 5) is 13.2. The topological polar surface area (TPSA) is 101 Å². The largest absolute Gasteiger partial charge is 0.434 e. The van der Waals surface area contributed by atoms with Crippen LogP contribution in [0.1, 0.15) is 0 Å². The summed E-state index contributed by atoms with van der Waals surface area (Å²) in [5.74, 6) is -0.340. The summed E-state index contributed by atoms with van der Waals surface area (Å²) in [6, 6.07) is 0. The van der Waals surface area contributed by atoms with Gasteiger partial charge in [0.2, 0.25) is 0 Å². The average Bonchev–Trinajstić information content (AvgIpc) is 2.52. The van der Waals surface area contributed by atoms with Crippen LogP contribution >= 0.6 is 0 Å². The van der Waals surface area contributed by atoms with Gasteiger partial charge in [-0.05, 0) is 4.92 Å². The molecule has 0 aliphatic rings. The summed E-state index contributed by atoms with van der Waals surface area (Å²) in [6.07, 6.45) is 1.63. The Labute approximate surface area is 73.4 Å². The maximum atomic E-state index is 10.3. The van der Waals surface area contributed by atoms with Gasteiger partial charge in [0.25, 0.3) is 0 Å². The first-order chi connectivity index (χ1) is 6.15. The van der Waals surface area contributed by atoms with Crippen molar-refractivity contribution in [2.45, 2.75) is 12.6 Å². The SMILES string of the molecule is O=[N+]([O-])c1nccn1C[C@@H](O)CO. The summed E-state index contributed by atoms with van der Waals surface area (Å²) in [7, 11) is 0. The summed E-state index contributed by atoms with van der Waals surface area (Å²) in [5.41, 5.74) is 0. The number of hydrogen-bond acceptors (Lipinski definition) is 5. The zero-order valence-corrected chi connectivity index (χ0v) is 6.70. The van der Waals surface area contributed by atoms with Crippen molar-refractivity contribution in [1.29, 1.82) is 0 Å². The number of aliphatic hydroxyl groups excluding tert-OH is 2. The van der Waals surface area contributed by atoms with E-state index in [-0.39, 0.29) is 12.5 Å². The predicted octanol–water partition coefficient (Wildman–Crippen LogP) is -0.856. The molecular weight excluding hydrogens is 178 g/mol. The molecule has 0 spiro atoms. The van der Waals surface area contributed by atoms with Crippen LogP contribution in [0.25, 0.3) is 0 Å². The molecule has 72 valence electrons. The van der Waals surface area contributed by atoms with E-state index >= 15 is 0 Å². The van der Waals surface area contributed by atoms with Crippen molar-refractivity contribution < 1.29 is 15.1 Å². The van der Waals surface area contributed by atoms with Crippen molar-refractivity contribution in [3.05, 3.63) is 22.5 Å². The molecule has 0 saturated carbocycles. The number of rotatable bonds is 4. The lowest BCUT2D eigenvalue weighted by Gasteiger charge is -2.05. The zero-order valence-electron chi connectivity index (χ0n) is 6.70. The molecular formula is C6H9N3O4. The van der Waals surface area contributed by atoms with Gasteiger partial charge in [-0.1, -0.05) is 4.98 Å². The van der Waals surface area contributed by atoms with Crippen LogP contribution in [0.3, 0.4) is 0 Å². The van der Waals surface area contributed by atoms with E-state index in [9.17, 15) is 10.1 Å². The first-order valence-corrected chi connectivity index (χ1v) is 3.59. The molecule has 0 aliphatic carbocycles. The second-order valence-corrected chi connectivity index (χ2v) is 2.47. The molecule has 1 rings (SSSR count). The first kappa shape index (κ1) is 9.62. The van der Waals surface area contributed by atoms with E-state index < -0.39 is 17.6 Å². The van der Waals surface area contributed by atoms with Crippen LogP contribution in [-0.4, -0.2) is 37.4 Å². The second kappa shape index (κ2) is 3.97. The number of nitrogens with zero attached hydrogens (tertiary/aromatic N) is 3. The van der Waals surface area contributed by atoms with E-state index in [1.165, 1.54) is 17.0 Å². The van der Waals surface area contributed by atoms with E-state index in [1.54, 1.807) is 0 Å². The lowest BCUT2D eigenvalue weighted by atomic mass is 10.4. The van der Waals surface area contributed by atoms with E-state index in [0.29, 0.717) is 0 Å². The first-order valence-electron chi connectivity index (χ1n) is 3.59. The zero-order chi connectivity index (χ0) is 9.84. The van der Waals surface area contributed by atoms with Crippen molar-refractivity contribution in [2.24, 2.45) is 0 Å². The van der Waals surface area contributed by atoms with Gasteiger partial charge in [-0.25, -0.2) is 4.57 Å². The third-order valence-electron chi connectivity index (χ3n) is 1.48. The molecule has 0 radical (unpaired) electrons. The van der Waals surface area contributed by atoms with Gasteiger partial charge in [0.05, 0.1) is 13.2 Å².